The average molecular weight is 391 g/mol. The zero-order valence-corrected chi connectivity index (χ0v) is 17.0. The normalized spacial score (nSPS) is 11.4. The van der Waals surface area contributed by atoms with Crippen molar-refractivity contribution in [2.24, 2.45) is 0 Å². The Balaban J connectivity index is 2.06. The molecule has 0 aliphatic heterocycles. The quantitative estimate of drug-likeness (QED) is 0.752. The van der Waals surface area contributed by atoms with Crippen LogP contribution in [0.5, 0.6) is 5.75 Å². The topological polar surface area (TPSA) is 75.7 Å². The van der Waals surface area contributed by atoms with E-state index in [4.69, 9.17) is 4.74 Å². The summed E-state index contributed by atoms with van der Waals surface area (Å²) in [5, 5.41) is 2.83. The van der Waals surface area contributed by atoms with E-state index in [1.807, 2.05) is 26.8 Å². The minimum absolute atomic E-state index is 0.215. The highest BCUT2D eigenvalue weighted by Gasteiger charge is 2.21. The Morgan fingerprint density at radius 1 is 1.07 bits per heavy atom. The number of ether oxygens (including phenoxy) is 1. The Hall–Kier alpha value is -2.38. The molecule has 0 saturated heterocycles. The molecule has 0 spiro atoms. The molecule has 0 saturated carbocycles. The maximum Gasteiger partial charge on any atom is 0.251 e. The number of sulfonamides is 1. The van der Waals surface area contributed by atoms with Crippen molar-refractivity contribution in [2.75, 3.05) is 20.2 Å². The van der Waals surface area contributed by atoms with Crippen LogP contribution in [0.2, 0.25) is 0 Å². The van der Waals surface area contributed by atoms with Gasteiger partial charge in [0.1, 0.15) is 5.75 Å². The summed E-state index contributed by atoms with van der Waals surface area (Å²) < 4.78 is 31.6. The van der Waals surface area contributed by atoms with Crippen LogP contribution < -0.4 is 10.1 Å². The van der Waals surface area contributed by atoms with E-state index in [1.165, 1.54) is 4.31 Å². The highest BCUT2D eigenvalue weighted by molar-refractivity contribution is 7.89. The number of carbonyl (C=O) groups excluding carboxylic acids is 1. The van der Waals surface area contributed by atoms with Gasteiger partial charge in [-0.1, -0.05) is 32.0 Å². The molecule has 27 heavy (non-hydrogen) atoms. The number of nitrogens with zero attached hydrogens (tertiary/aromatic N) is 1. The number of aryl methyl sites for hydroxylation is 1. The summed E-state index contributed by atoms with van der Waals surface area (Å²) in [7, 11) is -1.90. The smallest absolute Gasteiger partial charge is 0.251 e. The fourth-order valence-corrected chi connectivity index (χ4v) is 4.20. The van der Waals surface area contributed by atoms with Gasteiger partial charge in [-0.25, -0.2) is 8.42 Å². The first kappa shape index (κ1) is 20.9. The molecule has 146 valence electrons. The second-order valence-electron chi connectivity index (χ2n) is 6.10. The Kier molecular flexibility index (Phi) is 6.98. The van der Waals surface area contributed by atoms with Crippen LogP contribution in [-0.2, 0) is 16.6 Å². The molecule has 0 aromatic heterocycles. The molecule has 1 N–H and O–H groups in total. The standard InChI is InChI=1S/C20H26N2O4S/c1-5-22(6-2)27(24,25)18-11-8-16(9-12-18)14-21-20(23)17-10-7-15(3)19(13-17)26-4/h7-13H,5-6,14H2,1-4H3,(H,21,23). The molecule has 2 aromatic carbocycles. The third-order valence-electron chi connectivity index (χ3n) is 4.39. The van der Waals surface area contributed by atoms with Crippen molar-refractivity contribution in [3.05, 3.63) is 59.2 Å². The van der Waals surface area contributed by atoms with Gasteiger partial charge in [0, 0.05) is 25.2 Å². The summed E-state index contributed by atoms with van der Waals surface area (Å²) in [6.45, 7) is 6.69. The van der Waals surface area contributed by atoms with Crippen LogP contribution >= 0.6 is 0 Å². The van der Waals surface area contributed by atoms with Gasteiger partial charge < -0.3 is 10.1 Å². The number of carbonyl (C=O) groups is 1. The molecule has 2 rings (SSSR count). The van der Waals surface area contributed by atoms with Crippen LogP contribution in [0.15, 0.2) is 47.4 Å². The molecule has 1 amide bonds. The third-order valence-corrected chi connectivity index (χ3v) is 6.45. The minimum Gasteiger partial charge on any atom is -0.496 e. The molecule has 0 radical (unpaired) electrons. The fourth-order valence-electron chi connectivity index (χ4n) is 2.74. The van der Waals surface area contributed by atoms with Gasteiger partial charge >= 0.3 is 0 Å². The van der Waals surface area contributed by atoms with Crippen LogP contribution in [-0.4, -0.2) is 38.8 Å². The lowest BCUT2D eigenvalue weighted by Gasteiger charge is -2.18. The number of hydrogen-bond acceptors (Lipinski definition) is 4. The maximum atomic E-state index is 12.5. The van der Waals surface area contributed by atoms with Crippen molar-refractivity contribution < 1.29 is 17.9 Å². The molecular weight excluding hydrogens is 364 g/mol. The van der Waals surface area contributed by atoms with Crippen LogP contribution in [0, 0.1) is 6.92 Å². The summed E-state index contributed by atoms with van der Waals surface area (Å²) in [6.07, 6.45) is 0. The van der Waals surface area contributed by atoms with E-state index in [0.717, 1.165) is 11.1 Å². The number of hydrogen-bond donors (Lipinski definition) is 1. The average Bonchev–Trinajstić information content (AvgIpc) is 2.67. The summed E-state index contributed by atoms with van der Waals surface area (Å²) in [5.41, 5.74) is 2.29. The van der Waals surface area contributed by atoms with Gasteiger partial charge in [-0.3, -0.25) is 4.79 Å². The van der Waals surface area contributed by atoms with Gasteiger partial charge in [0.2, 0.25) is 10.0 Å². The Bertz CT molecular complexity index is 889. The van der Waals surface area contributed by atoms with Crippen molar-refractivity contribution in [2.45, 2.75) is 32.2 Å². The molecule has 0 fully saturated rings. The number of nitrogens with one attached hydrogen (secondary N) is 1. The summed E-state index contributed by atoms with van der Waals surface area (Å²) in [6, 6.07) is 11.9. The molecule has 2 aromatic rings. The van der Waals surface area contributed by atoms with Crippen LogP contribution in [0.3, 0.4) is 0 Å². The molecule has 0 aliphatic rings. The van der Waals surface area contributed by atoms with Gasteiger partial charge in [0.05, 0.1) is 12.0 Å². The van der Waals surface area contributed by atoms with E-state index < -0.39 is 10.0 Å². The zero-order chi connectivity index (χ0) is 20.0. The monoisotopic (exact) mass is 390 g/mol. The number of benzene rings is 2. The minimum atomic E-state index is -3.47. The van der Waals surface area contributed by atoms with Crippen molar-refractivity contribution in [3.63, 3.8) is 0 Å². The molecule has 0 bridgehead atoms. The third kappa shape index (κ3) is 4.87. The first-order valence-electron chi connectivity index (χ1n) is 8.85. The lowest BCUT2D eigenvalue weighted by molar-refractivity contribution is 0.0950. The fraction of sp³-hybridized carbons (Fsp3) is 0.350. The second kappa shape index (κ2) is 9.01. The van der Waals surface area contributed by atoms with Crippen molar-refractivity contribution in [1.82, 2.24) is 9.62 Å². The zero-order valence-electron chi connectivity index (χ0n) is 16.2. The van der Waals surface area contributed by atoms with Crippen LogP contribution in [0.25, 0.3) is 0 Å². The molecule has 6 nitrogen and oxygen atoms in total. The Morgan fingerprint density at radius 2 is 1.70 bits per heavy atom. The summed E-state index contributed by atoms with van der Waals surface area (Å²) in [5.74, 6) is 0.446. The molecule has 0 aliphatic carbocycles. The van der Waals surface area contributed by atoms with Gasteiger partial charge in [-0.05, 0) is 42.3 Å². The summed E-state index contributed by atoms with van der Waals surface area (Å²) in [4.78, 5) is 12.6. The predicted molar refractivity (Wildman–Crippen MR) is 105 cm³/mol. The predicted octanol–water partition coefficient (Wildman–Crippen LogP) is 2.96. The highest BCUT2D eigenvalue weighted by atomic mass is 32.2. The first-order valence-corrected chi connectivity index (χ1v) is 10.3. The Labute approximate surface area is 161 Å². The Morgan fingerprint density at radius 3 is 2.26 bits per heavy atom. The largest absolute Gasteiger partial charge is 0.496 e. The van der Waals surface area contributed by atoms with E-state index >= 15 is 0 Å². The molecule has 0 atom stereocenters. The molecular formula is C20H26N2O4S. The molecule has 7 heteroatoms. The van der Waals surface area contributed by atoms with Crippen LogP contribution in [0.4, 0.5) is 0 Å². The van der Waals surface area contributed by atoms with E-state index in [1.54, 1.807) is 43.5 Å². The van der Waals surface area contributed by atoms with E-state index in [2.05, 4.69) is 5.32 Å². The van der Waals surface area contributed by atoms with E-state index in [0.29, 0.717) is 30.9 Å². The highest BCUT2D eigenvalue weighted by Crippen LogP contribution is 2.19. The van der Waals surface area contributed by atoms with Gasteiger partial charge in [-0.15, -0.1) is 0 Å². The maximum absolute atomic E-state index is 12.5. The van der Waals surface area contributed by atoms with Crippen LogP contribution in [0.1, 0.15) is 35.3 Å². The second-order valence-corrected chi connectivity index (χ2v) is 8.04. The van der Waals surface area contributed by atoms with Gasteiger partial charge in [0.15, 0.2) is 0 Å². The van der Waals surface area contributed by atoms with Gasteiger partial charge in [0.25, 0.3) is 5.91 Å². The van der Waals surface area contributed by atoms with E-state index in [-0.39, 0.29) is 10.8 Å². The number of methoxy groups -OCH3 is 1. The molecule has 0 heterocycles. The van der Waals surface area contributed by atoms with Crippen molar-refractivity contribution >= 4 is 15.9 Å². The number of amides is 1. The van der Waals surface area contributed by atoms with Crippen molar-refractivity contribution in [1.29, 1.82) is 0 Å². The lowest BCUT2D eigenvalue weighted by Crippen LogP contribution is -2.30. The summed E-state index contributed by atoms with van der Waals surface area (Å²) >= 11 is 0. The number of rotatable bonds is 8. The molecule has 0 unspecified atom stereocenters. The van der Waals surface area contributed by atoms with Gasteiger partial charge in [-0.2, -0.15) is 4.31 Å². The first-order chi connectivity index (χ1) is 12.8. The van der Waals surface area contributed by atoms with E-state index in [9.17, 15) is 13.2 Å². The van der Waals surface area contributed by atoms with Crippen molar-refractivity contribution in [3.8, 4) is 5.75 Å². The lowest BCUT2D eigenvalue weighted by atomic mass is 10.1. The SMILES string of the molecule is CCN(CC)S(=O)(=O)c1ccc(CNC(=O)c2ccc(C)c(OC)c2)cc1.